The fourth-order valence-electron chi connectivity index (χ4n) is 2.28. The Morgan fingerprint density at radius 1 is 1.12 bits per heavy atom. The van der Waals surface area contributed by atoms with E-state index in [0.29, 0.717) is 27.8 Å². The molecular weight excluding hydrogens is 332 g/mol. The largest absolute Gasteiger partial charge is 0.497 e. The third kappa shape index (κ3) is 4.32. The molecular formula is C18H19ClO5. The van der Waals surface area contributed by atoms with Gasteiger partial charge in [-0.25, -0.2) is 4.79 Å². The Balaban J connectivity index is 2.25. The smallest absolute Gasteiger partial charge is 0.345 e. The number of hydrogen-bond acceptors (Lipinski definition) is 4. The van der Waals surface area contributed by atoms with Crippen LogP contribution in [0.1, 0.15) is 11.1 Å². The molecule has 0 aliphatic carbocycles. The highest BCUT2D eigenvalue weighted by molar-refractivity contribution is 6.31. The van der Waals surface area contributed by atoms with Crippen LogP contribution in [0.2, 0.25) is 5.02 Å². The highest BCUT2D eigenvalue weighted by Crippen LogP contribution is 2.27. The molecule has 0 amide bonds. The molecule has 0 fully saturated rings. The number of rotatable bonds is 7. The summed E-state index contributed by atoms with van der Waals surface area (Å²) in [5.74, 6) is 0.592. The van der Waals surface area contributed by atoms with Gasteiger partial charge in [-0.2, -0.15) is 0 Å². The van der Waals surface area contributed by atoms with Crippen molar-refractivity contribution in [3.63, 3.8) is 0 Å². The Hall–Kier alpha value is -2.40. The van der Waals surface area contributed by atoms with E-state index in [-0.39, 0.29) is 6.42 Å². The minimum absolute atomic E-state index is 0.136. The Morgan fingerprint density at radius 2 is 1.83 bits per heavy atom. The van der Waals surface area contributed by atoms with Crippen molar-refractivity contribution in [3.8, 4) is 17.2 Å². The summed E-state index contributed by atoms with van der Waals surface area (Å²) in [5.41, 5.74) is 1.51. The molecule has 6 heteroatoms. The van der Waals surface area contributed by atoms with Crippen LogP contribution in [0.5, 0.6) is 17.2 Å². The summed E-state index contributed by atoms with van der Waals surface area (Å²) in [7, 11) is 3.08. The summed E-state index contributed by atoms with van der Waals surface area (Å²) in [4.78, 5) is 11.6. The molecule has 128 valence electrons. The first-order valence-electron chi connectivity index (χ1n) is 7.31. The highest BCUT2D eigenvalue weighted by Gasteiger charge is 2.22. The number of ether oxygens (including phenoxy) is 3. The first-order valence-corrected chi connectivity index (χ1v) is 7.69. The van der Waals surface area contributed by atoms with E-state index in [4.69, 9.17) is 25.8 Å². The van der Waals surface area contributed by atoms with Crippen molar-refractivity contribution in [1.29, 1.82) is 0 Å². The molecule has 5 nitrogen and oxygen atoms in total. The van der Waals surface area contributed by atoms with E-state index in [2.05, 4.69) is 0 Å². The molecule has 2 rings (SSSR count). The molecule has 2 aromatic rings. The second kappa shape index (κ2) is 7.93. The average Bonchev–Trinajstić information content (AvgIpc) is 2.57. The van der Waals surface area contributed by atoms with Crippen molar-refractivity contribution in [2.45, 2.75) is 19.4 Å². The molecule has 2 aromatic carbocycles. The molecule has 1 atom stereocenters. The lowest BCUT2D eigenvalue weighted by Crippen LogP contribution is -2.29. The van der Waals surface area contributed by atoms with Gasteiger partial charge in [-0.15, -0.1) is 0 Å². The van der Waals surface area contributed by atoms with Crippen LogP contribution in [-0.2, 0) is 11.2 Å². The topological polar surface area (TPSA) is 65.0 Å². The van der Waals surface area contributed by atoms with Crippen LogP contribution in [0.3, 0.4) is 0 Å². The van der Waals surface area contributed by atoms with E-state index in [1.807, 2.05) is 6.92 Å². The van der Waals surface area contributed by atoms with E-state index < -0.39 is 12.1 Å². The van der Waals surface area contributed by atoms with Gasteiger partial charge in [0.05, 0.1) is 14.2 Å². The zero-order valence-electron chi connectivity index (χ0n) is 13.7. The number of carboxylic acids is 1. The SMILES string of the molecule is COc1ccc(OC)c(C[C@H](Oc2ccc(Cl)c(C)c2)C(=O)O)c1. The molecule has 0 saturated carbocycles. The van der Waals surface area contributed by atoms with Crippen molar-refractivity contribution in [2.24, 2.45) is 0 Å². The summed E-state index contributed by atoms with van der Waals surface area (Å²) >= 11 is 5.98. The maximum absolute atomic E-state index is 11.6. The summed E-state index contributed by atoms with van der Waals surface area (Å²) in [6.07, 6.45) is -0.927. The predicted molar refractivity (Wildman–Crippen MR) is 91.5 cm³/mol. The number of benzene rings is 2. The Morgan fingerprint density at radius 3 is 2.42 bits per heavy atom. The molecule has 0 aliphatic heterocycles. The van der Waals surface area contributed by atoms with Crippen LogP contribution in [0.25, 0.3) is 0 Å². The molecule has 1 N–H and O–H groups in total. The lowest BCUT2D eigenvalue weighted by molar-refractivity contribution is -0.145. The van der Waals surface area contributed by atoms with Gasteiger partial charge < -0.3 is 19.3 Å². The standard InChI is InChI=1S/C18H19ClO5/c1-11-8-14(4-6-15(11)19)24-17(18(20)21)10-12-9-13(22-2)5-7-16(12)23-3/h4-9,17H,10H2,1-3H3,(H,20,21)/t17-/m0/s1. The summed E-state index contributed by atoms with van der Waals surface area (Å²) in [5, 5.41) is 10.1. The fraction of sp³-hybridized carbons (Fsp3) is 0.278. The lowest BCUT2D eigenvalue weighted by Gasteiger charge is -2.18. The number of carbonyl (C=O) groups is 1. The van der Waals surface area contributed by atoms with Gasteiger partial charge in [0.15, 0.2) is 6.10 Å². The molecule has 0 heterocycles. The molecule has 0 aliphatic rings. The van der Waals surface area contributed by atoms with Gasteiger partial charge in [-0.05, 0) is 48.9 Å². The van der Waals surface area contributed by atoms with Crippen LogP contribution >= 0.6 is 11.6 Å². The van der Waals surface area contributed by atoms with Crippen molar-refractivity contribution in [1.82, 2.24) is 0 Å². The van der Waals surface area contributed by atoms with E-state index in [9.17, 15) is 9.90 Å². The maximum atomic E-state index is 11.6. The predicted octanol–water partition coefficient (Wildman–Crippen LogP) is 3.74. The van der Waals surface area contributed by atoms with Gasteiger partial charge in [0.25, 0.3) is 0 Å². The quantitative estimate of drug-likeness (QED) is 0.824. The van der Waals surface area contributed by atoms with Crippen LogP contribution in [0.15, 0.2) is 36.4 Å². The van der Waals surface area contributed by atoms with Crippen molar-refractivity contribution >= 4 is 17.6 Å². The van der Waals surface area contributed by atoms with Gasteiger partial charge in [0.2, 0.25) is 0 Å². The number of carboxylic acid groups (broad SMARTS) is 1. The van der Waals surface area contributed by atoms with Gasteiger partial charge in [-0.3, -0.25) is 0 Å². The van der Waals surface area contributed by atoms with Crippen LogP contribution in [-0.4, -0.2) is 31.4 Å². The second-order valence-corrected chi connectivity index (χ2v) is 5.64. The van der Waals surface area contributed by atoms with E-state index in [1.54, 1.807) is 43.5 Å². The number of aryl methyl sites for hydroxylation is 1. The number of hydrogen-bond donors (Lipinski definition) is 1. The van der Waals surface area contributed by atoms with E-state index in [1.165, 1.54) is 7.11 Å². The Bertz CT molecular complexity index is 729. The average molecular weight is 351 g/mol. The number of halogens is 1. The van der Waals surface area contributed by atoms with Crippen molar-refractivity contribution in [2.75, 3.05) is 14.2 Å². The minimum Gasteiger partial charge on any atom is -0.497 e. The molecule has 0 aromatic heterocycles. The molecule has 0 spiro atoms. The Labute approximate surface area is 145 Å². The zero-order valence-corrected chi connectivity index (χ0v) is 14.5. The van der Waals surface area contributed by atoms with E-state index >= 15 is 0 Å². The third-order valence-electron chi connectivity index (χ3n) is 3.58. The summed E-state index contributed by atoms with van der Waals surface area (Å²) < 4.78 is 16.1. The van der Waals surface area contributed by atoms with Crippen molar-refractivity contribution in [3.05, 3.63) is 52.5 Å². The summed E-state index contributed by atoms with van der Waals surface area (Å²) in [6, 6.07) is 10.3. The van der Waals surface area contributed by atoms with Gasteiger partial charge in [0.1, 0.15) is 17.2 Å². The fourth-order valence-corrected chi connectivity index (χ4v) is 2.39. The first-order chi connectivity index (χ1) is 11.4. The molecule has 0 bridgehead atoms. The first kappa shape index (κ1) is 17.9. The van der Waals surface area contributed by atoms with Crippen LogP contribution < -0.4 is 14.2 Å². The molecule has 0 unspecified atom stereocenters. The maximum Gasteiger partial charge on any atom is 0.345 e. The van der Waals surface area contributed by atoms with Crippen molar-refractivity contribution < 1.29 is 24.1 Å². The lowest BCUT2D eigenvalue weighted by atomic mass is 10.1. The van der Waals surface area contributed by atoms with Gasteiger partial charge in [-0.1, -0.05) is 11.6 Å². The number of methoxy groups -OCH3 is 2. The Kier molecular flexibility index (Phi) is 5.93. The number of aliphatic carboxylic acids is 1. The minimum atomic E-state index is -1.06. The zero-order chi connectivity index (χ0) is 17.7. The monoisotopic (exact) mass is 350 g/mol. The molecule has 24 heavy (non-hydrogen) atoms. The molecule has 0 radical (unpaired) electrons. The summed E-state index contributed by atoms with van der Waals surface area (Å²) in [6.45, 7) is 1.83. The van der Waals surface area contributed by atoms with Crippen LogP contribution in [0.4, 0.5) is 0 Å². The molecule has 0 saturated heterocycles. The second-order valence-electron chi connectivity index (χ2n) is 5.24. The highest BCUT2D eigenvalue weighted by atomic mass is 35.5. The van der Waals surface area contributed by atoms with Gasteiger partial charge in [0, 0.05) is 17.0 Å². The normalized spacial score (nSPS) is 11.7. The van der Waals surface area contributed by atoms with E-state index in [0.717, 1.165) is 5.56 Å². The van der Waals surface area contributed by atoms with Gasteiger partial charge >= 0.3 is 5.97 Å². The third-order valence-corrected chi connectivity index (χ3v) is 4.00. The van der Waals surface area contributed by atoms with Crippen LogP contribution in [0, 0.1) is 6.92 Å².